The van der Waals surface area contributed by atoms with E-state index in [4.69, 9.17) is 26.6 Å². The summed E-state index contributed by atoms with van der Waals surface area (Å²) in [7, 11) is 0. The summed E-state index contributed by atoms with van der Waals surface area (Å²) in [5, 5.41) is 7.62. The average molecular weight is 532 g/mol. The van der Waals surface area contributed by atoms with Gasteiger partial charge in [0.05, 0.1) is 13.1 Å². The third-order valence-corrected chi connectivity index (χ3v) is 5.90. The van der Waals surface area contributed by atoms with Gasteiger partial charge >= 0.3 is 0 Å². The Morgan fingerprint density at radius 1 is 1.13 bits per heavy atom. The van der Waals surface area contributed by atoms with E-state index in [0.29, 0.717) is 28.2 Å². The number of aliphatic imine (C=N–C) groups is 1. The van der Waals surface area contributed by atoms with Gasteiger partial charge in [-0.3, -0.25) is 19.5 Å². The smallest absolute Gasteiger partial charge is 0.267 e. The van der Waals surface area contributed by atoms with Crippen molar-refractivity contribution in [1.29, 1.82) is 0 Å². The van der Waals surface area contributed by atoms with Gasteiger partial charge in [-0.1, -0.05) is 35.0 Å². The zero-order valence-electron chi connectivity index (χ0n) is 20.2. The number of benzene rings is 2. The van der Waals surface area contributed by atoms with Crippen LogP contribution in [0.15, 0.2) is 76.2 Å². The molecule has 1 aliphatic rings. The quantitative estimate of drug-likeness (QED) is 0.364. The maximum atomic E-state index is 13.5. The molecule has 0 radical (unpaired) electrons. The summed E-state index contributed by atoms with van der Waals surface area (Å²) < 4.78 is 11.0. The summed E-state index contributed by atoms with van der Waals surface area (Å²) in [6, 6.07) is 19.0. The molecule has 0 spiro atoms. The van der Waals surface area contributed by atoms with Crippen molar-refractivity contribution in [2.24, 2.45) is 10.7 Å². The standard InChI is InChI=1S/C26H22ClN7O4/c1-15-30-24(38-33-15)20-13-29-26(34(25(20)36)14-16-5-7-17(27)8-6-16)31-18-9-11-19(12-10-18)37-22-4-2-3-21(32-22)23(28)35/h2-12,20H,13-14H2,1H3,(H2,28,35)(H,29,31). The lowest BCUT2D eigenvalue weighted by molar-refractivity contribution is -0.130. The SMILES string of the molecule is Cc1noc(C2CN=C(Nc3ccc(Oc4cccc(C(N)=O)n4)cc3)N(Cc3ccc(Cl)cc3)C2=O)n1. The van der Waals surface area contributed by atoms with Gasteiger partial charge in [0.1, 0.15) is 17.4 Å². The van der Waals surface area contributed by atoms with Crippen LogP contribution in [-0.4, -0.2) is 44.3 Å². The zero-order valence-corrected chi connectivity index (χ0v) is 20.9. The van der Waals surface area contributed by atoms with Gasteiger partial charge in [0.2, 0.25) is 23.6 Å². The number of rotatable bonds is 7. The van der Waals surface area contributed by atoms with Crippen LogP contribution < -0.4 is 15.8 Å². The van der Waals surface area contributed by atoms with Crippen LogP contribution in [0, 0.1) is 6.92 Å². The van der Waals surface area contributed by atoms with Gasteiger partial charge in [0, 0.05) is 16.8 Å². The molecule has 0 bridgehead atoms. The van der Waals surface area contributed by atoms with E-state index in [1.54, 1.807) is 60.4 Å². The number of primary amides is 1. The molecular formula is C26H22ClN7O4. The molecule has 5 rings (SSSR count). The lowest BCUT2D eigenvalue weighted by Crippen LogP contribution is -2.47. The number of guanidine groups is 1. The Morgan fingerprint density at radius 3 is 2.58 bits per heavy atom. The van der Waals surface area contributed by atoms with Gasteiger partial charge in [-0.05, 0) is 55.0 Å². The highest BCUT2D eigenvalue weighted by molar-refractivity contribution is 6.30. The Hall–Kier alpha value is -4.77. The third-order valence-electron chi connectivity index (χ3n) is 5.65. The van der Waals surface area contributed by atoms with Crippen molar-refractivity contribution in [3.8, 4) is 11.6 Å². The van der Waals surface area contributed by atoms with Crippen molar-refractivity contribution in [3.63, 3.8) is 0 Å². The number of aromatic nitrogens is 3. The van der Waals surface area contributed by atoms with E-state index in [-0.39, 0.29) is 36.5 Å². The number of hydrogen-bond acceptors (Lipinski definition) is 9. The molecule has 12 heteroatoms. The molecule has 38 heavy (non-hydrogen) atoms. The van der Waals surface area contributed by atoms with Crippen LogP contribution in [0.5, 0.6) is 11.6 Å². The van der Waals surface area contributed by atoms with E-state index < -0.39 is 11.8 Å². The third kappa shape index (κ3) is 5.62. The van der Waals surface area contributed by atoms with E-state index in [2.05, 4.69) is 25.4 Å². The first-order chi connectivity index (χ1) is 18.4. The van der Waals surface area contributed by atoms with E-state index >= 15 is 0 Å². The molecule has 3 heterocycles. The second-order valence-electron chi connectivity index (χ2n) is 8.42. The number of hydrogen-bond donors (Lipinski definition) is 2. The predicted octanol–water partition coefficient (Wildman–Crippen LogP) is 3.91. The lowest BCUT2D eigenvalue weighted by Gasteiger charge is -2.31. The maximum Gasteiger partial charge on any atom is 0.267 e. The van der Waals surface area contributed by atoms with Gasteiger partial charge in [-0.15, -0.1) is 0 Å². The highest BCUT2D eigenvalue weighted by Gasteiger charge is 2.36. The minimum atomic E-state index is -0.687. The molecule has 1 unspecified atom stereocenters. The van der Waals surface area contributed by atoms with E-state index in [9.17, 15) is 9.59 Å². The molecule has 192 valence electrons. The summed E-state index contributed by atoms with van der Waals surface area (Å²) in [4.78, 5) is 39.4. The minimum absolute atomic E-state index is 0.107. The normalized spacial score (nSPS) is 15.2. The number of aryl methyl sites for hydroxylation is 1. The Balaban J connectivity index is 1.35. The average Bonchev–Trinajstić information content (AvgIpc) is 3.34. The second-order valence-corrected chi connectivity index (χ2v) is 8.86. The summed E-state index contributed by atoms with van der Waals surface area (Å²) >= 11 is 6.03. The van der Waals surface area contributed by atoms with Crippen LogP contribution in [0.25, 0.3) is 0 Å². The largest absolute Gasteiger partial charge is 0.439 e. The lowest BCUT2D eigenvalue weighted by atomic mass is 10.1. The fourth-order valence-corrected chi connectivity index (χ4v) is 3.90. The van der Waals surface area contributed by atoms with E-state index in [0.717, 1.165) is 5.56 Å². The van der Waals surface area contributed by atoms with Crippen LogP contribution in [-0.2, 0) is 11.3 Å². The van der Waals surface area contributed by atoms with Gasteiger partial charge in [0.25, 0.3) is 5.91 Å². The van der Waals surface area contributed by atoms with Crippen molar-refractivity contribution < 1.29 is 18.8 Å². The molecule has 4 aromatic rings. The second kappa shape index (κ2) is 10.7. The van der Waals surface area contributed by atoms with Crippen molar-refractivity contribution in [1.82, 2.24) is 20.0 Å². The number of pyridine rings is 1. The summed E-state index contributed by atoms with van der Waals surface area (Å²) in [5.41, 5.74) is 6.93. The van der Waals surface area contributed by atoms with Gasteiger partial charge in [-0.25, -0.2) is 4.98 Å². The van der Waals surface area contributed by atoms with Crippen molar-refractivity contribution in [3.05, 3.63) is 94.7 Å². The van der Waals surface area contributed by atoms with Crippen LogP contribution in [0.1, 0.15) is 33.7 Å². The Bertz CT molecular complexity index is 1500. The highest BCUT2D eigenvalue weighted by atomic mass is 35.5. The van der Waals surface area contributed by atoms with Crippen LogP contribution in [0.3, 0.4) is 0 Å². The molecule has 11 nitrogen and oxygen atoms in total. The molecular weight excluding hydrogens is 510 g/mol. The molecule has 0 fully saturated rings. The topological polar surface area (TPSA) is 149 Å². The fraction of sp³-hybridized carbons (Fsp3) is 0.154. The number of ether oxygens (including phenoxy) is 1. The first kappa shape index (κ1) is 24.9. The Morgan fingerprint density at radius 2 is 1.89 bits per heavy atom. The molecule has 2 aromatic heterocycles. The summed E-state index contributed by atoms with van der Waals surface area (Å²) in [5.74, 6) is 0.238. The molecule has 3 N–H and O–H groups in total. The number of nitrogens with two attached hydrogens (primary N) is 1. The van der Waals surface area contributed by atoms with Crippen molar-refractivity contribution in [2.45, 2.75) is 19.4 Å². The number of nitrogens with one attached hydrogen (secondary N) is 1. The van der Waals surface area contributed by atoms with Gasteiger partial charge in [0.15, 0.2) is 5.82 Å². The van der Waals surface area contributed by atoms with Gasteiger partial charge in [-0.2, -0.15) is 4.98 Å². The number of anilines is 1. The molecule has 0 aliphatic carbocycles. The molecule has 1 atom stereocenters. The fourth-order valence-electron chi connectivity index (χ4n) is 3.77. The number of halogens is 1. The van der Waals surface area contributed by atoms with Crippen molar-refractivity contribution in [2.75, 3.05) is 11.9 Å². The Labute approximate surface area is 222 Å². The van der Waals surface area contributed by atoms with Crippen LogP contribution in [0.4, 0.5) is 5.69 Å². The first-order valence-corrected chi connectivity index (χ1v) is 12.0. The summed E-state index contributed by atoms with van der Waals surface area (Å²) in [6.07, 6.45) is 0. The molecule has 0 saturated heterocycles. The summed E-state index contributed by atoms with van der Waals surface area (Å²) in [6.45, 7) is 2.11. The predicted molar refractivity (Wildman–Crippen MR) is 139 cm³/mol. The first-order valence-electron chi connectivity index (χ1n) is 11.6. The molecule has 1 aliphatic heterocycles. The maximum absolute atomic E-state index is 13.5. The number of amides is 2. The molecule has 2 amide bonds. The van der Waals surface area contributed by atoms with Crippen molar-refractivity contribution >= 4 is 35.1 Å². The number of carbonyl (C=O) groups is 2. The number of nitrogens with zero attached hydrogens (tertiary/aromatic N) is 5. The highest BCUT2D eigenvalue weighted by Crippen LogP contribution is 2.26. The van der Waals surface area contributed by atoms with Crippen LogP contribution >= 0.6 is 11.6 Å². The van der Waals surface area contributed by atoms with E-state index in [1.807, 2.05) is 12.1 Å². The molecule has 2 aromatic carbocycles. The monoisotopic (exact) mass is 531 g/mol. The minimum Gasteiger partial charge on any atom is -0.439 e. The van der Waals surface area contributed by atoms with Crippen LogP contribution in [0.2, 0.25) is 5.02 Å². The Kier molecular flexibility index (Phi) is 7.00. The van der Waals surface area contributed by atoms with E-state index in [1.165, 1.54) is 6.07 Å². The molecule has 0 saturated carbocycles. The number of carbonyl (C=O) groups excluding carboxylic acids is 2. The zero-order chi connectivity index (χ0) is 26.6. The van der Waals surface area contributed by atoms with Gasteiger partial charge < -0.3 is 20.3 Å².